The minimum atomic E-state index is -1.37. The molecule has 0 heterocycles. The Labute approximate surface area is 128 Å². The Morgan fingerprint density at radius 3 is 2.55 bits per heavy atom. The third-order valence-corrected chi connectivity index (χ3v) is 2.59. The molecule has 0 aliphatic rings. The number of ether oxygens (including phenoxy) is 2. The van der Waals surface area contributed by atoms with Crippen molar-refractivity contribution in [1.82, 2.24) is 0 Å². The maximum Gasteiger partial charge on any atom is 0.412 e. The summed E-state index contributed by atoms with van der Waals surface area (Å²) in [6.07, 6.45) is -2.45. The molecule has 0 aliphatic heterocycles. The lowest BCUT2D eigenvalue weighted by Crippen LogP contribution is -2.27. The van der Waals surface area contributed by atoms with E-state index in [0.717, 1.165) is 6.07 Å². The van der Waals surface area contributed by atoms with E-state index >= 15 is 0 Å². The van der Waals surface area contributed by atoms with E-state index in [0.29, 0.717) is 0 Å². The van der Waals surface area contributed by atoms with Gasteiger partial charge in [0.25, 0.3) is 0 Å². The number of halogens is 1. The quantitative estimate of drug-likeness (QED) is 0.835. The van der Waals surface area contributed by atoms with Crippen molar-refractivity contribution in [3.8, 4) is 0 Å². The van der Waals surface area contributed by atoms with Crippen molar-refractivity contribution in [2.24, 2.45) is 0 Å². The molecule has 0 saturated carbocycles. The van der Waals surface area contributed by atoms with Crippen LogP contribution in [0.1, 0.15) is 38.9 Å². The fourth-order valence-corrected chi connectivity index (χ4v) is 1.65. The standard InChI is InChI=1S/C15H20FNO5/c1-15(2,3)22-14(20)17-9-5-6-11(16)10(7-9)12(18)8-13(19)21-4/h5-7,12,18H,8H2,1-4H3,(H,17,20)/t12-/m0/s1. The predicted octanol–water partition coefficient (Wildman–Crippen LogP) is 2.77. The number of hydrogen-bond acceptors (Lipinski definition) is 5. The summed E-state index contributed by atoms with van der Waals surface area (Å²) in [5, 5.41) is 12.3. The highest BCUT2D eigenvalue weighted by atomic mass is 19.1. The number of hydrogen-bond donors (Lipinski definition) is 2. The molecule has 22 heavy (non-hydrogen) atoms. The van der Waals surface area contributed by atoms with Crippen LogP contribution in [0.4, 0.5) is 14.9 Å². The van der Waals surface area contributed by atoms with E-state index < -0.39 is 29.6 Å². The third-order valence-electron chi connectivity index (χ3n) is 2.59. The molecule has 2 N–H and O–H groups in total. The van der Waals surface area contributed by atoms with Crippen molar-refractivity contribution in [2.75, 3.05) is 12.4 Å². The van der Waals surface area contributed by atoms with Crippen LogP contribution in [0.2, 0.25) is 0 Å². The summed E-state index contributed by atoms with van der Waals surface area (Å²) in [5.74, 6) is -1.36. The molecule has 0 aliphatic carbocycles. The average Bonchev–Trinajstić information content (AvgIpc) is 2.38. The molecule has 0 unspecified atom stereocenters. The van der Waals surface area contributed by atoms with E-state index in [2.05, 4.69) is 10.1 Å². The van der Waals surface area contributed by atoms with Crippen LogP contribution in [-0.4, -0.2) is 29.9 Å². The van der Waals surface area contributed by atoms with Crippen LogP contribution in [0.25, 0.3) is 0 Å². The molecule has 0 fully saturated rings. The van der Waals surface area contributed by atoms with Gasteiger partial charge in [-0.1, -0.05) is 0 Å². The van der Waals surface area contributed by atoms with Gasteiger partial charge in [-0.15, -0.1) is 0 Å². The monoisotopic (exact) mass is 313 g/mol. The number of anilines is 1. The first-order valence-corrected chi connectivity index (χ1v) is 6.66. The van der Waals surface area contributed by atoms with Crippen molar-refractivity contribution >= 4 is 17.7 Å². The lowest BCUT2D eigenvalue weighted by molar-refractivity contribution is -0.142. The molecule has 1 aromatic rings. The average molecular weight is 313 g/mol. The second kappa shape index (κ2) is 7.22. The smallest absolute Gasteiger partial charge is 0.412 e. The van der Waals surface area contributed by atoms with E-state index in [1.807, 2.05) is 0 Å². The Kier molecular flexibility index (Phi) is 5.87. The van der Waals surface area contributed by atoms with Gasteiger partial charge in [-0.2, -0.15) is 0 Å². The van der Waals surface area contributed by atoms with Gasteiger partial charge >= 0.3 is 12.1 Å². The molecule has 1 amide bonds. The van der Waals surface area contributed by atoms with Crippen LogP contribution in [0.15, 0.2) is 18.2 Å². The van der Waals surface area contributed by atoms with Gasteiger partial charge in [0.2, 0.25) is 0 Å². The highest BCUT2D eigenvalue weighted by Crippen LogP contribution is 2.24. The number of methoxy groups -OCH3 is 1. The van der Waals surface area contributed by atoms with Crippen molar-refractivity contribution in [2.45, 2.75) is 38.9 Å². The zero-order valence-electron chi connectivity index (χ0n) is 13.0. The second-order valence-corrected chi connectivity index (χ2v) is 5.66. The molecule has 0 saturated heterocycles. The highest BCUT2D eigenvalue weighted by Gasteiger charge is 2.20. The van der Waals surface area contributed by atoms with Crippen LogP contribution in [0.3, 0.4) is 0 Å². The van der Waals surface area contributed by atoms with Crippen molar-refractivity contribution in [3.05, 3.63) is 29.6 Å². The summed E-state index contributed by atoms with van der Waals surface area (Å²) in [7, 11) is 1.17. The van der Waals surface area contributed by atoms with Crippen LogP contribution in [-0.2, 0) is 14.3 Å². The zero-order valence-corrected chi connectivity index (χ0v) is 13.0. The van der Waals surface area contributed by atoms with E-state index in [-0.39, 0.29) is 17.7 Å². The summed E-state index contributed by atoms with van der Waals surface area (Å²) in [6, 6.07) is 3.66. The number of nitrogens with one attached hydrogen (secondary N) is 1. The van der Waals surface area contributed by atoms with Gasteiger partial charge in [0, 0.05) is 11.3 Å². The third kappa shape index (κ3) is 5.69. The number of carbonyl (C=O) groups excluding carboxylic acids is 2. The summed E-state index contributed by atoms with van der Waals surface area (Å²) < 4.78 is 23.2. The highest BCUT2D eigenvalue weighted by molar-refractivity contribution is 5.85. The number of benzene rings is 1. The van der Waals surface area contributed by atoms with Gasteiger partial charge < -0.3 is 14.6 Å². The number of aliphatic hydroxyl groups excluding tert-OH is 1. The van der Waals surface area contributed by atoms with Crippen molar-refractivity contribution < 1.29 is 28.6 Å². The Morgan fingerprint density at radius 1 is 1.36 bits per heavy atom. The van der Waals surface area contributed by atoms with Crippen LogP contribution < -0.4 is 5.32 Å². The maximum absolute atomic E-state index is 13.7. The Balaban J connectivity index is 2.85. The Bertz CT molecular complexity index is 553. The molecular weight excluding hydrogens is 293 g/mol. The molecule has 0 radical (unpaired) electrons. The lowest BCUT2D eigenvalue weighted by atomic mass is 10.1. The number of carbonyl (C=O) groups is 2. The Morgan fingerprint density at radius 2 is 2.00 bits per heavy atom. The van der Waals surface area contributed by atoms with Gasteiger partial charge in [0.15, 0.2) is 0 Å². The minimum absolute atomic E-state index is 0.112. The molecule has 1 rings (SSSR count). The molecule has 0 bridgehead atoms. The largest absolute Gasteiger partial charge is 0.469 e. The second-order valence-electron chi connectivity index (χ2n) is 5.66. The molecule has 1 atom stereocenters. The van der Waals surface area contributed by atoms with E-state index in [1.165, 1.54) is 19.2 Å². The van der Waals surface area contributed by atoms with Crippen molar-refractivity contribution in [3.63, 3.8) is 0 Å². The maximum atomic E-state index is 13.7. The molecule has 1 aromatic carbocycles. The fourth-order valence-electron chi connectivity index (χ4n) is 1.65. The van der Waals surface area contributed by atoms with Crippen molar-refractivity contribution in [1.29, 1.82) is 0 Å². The summed E-state index contributed by atoms with van der Waals surface area (Å²) in [4.78, 5) is 22.8. The first kappa shape index (κ1) is 17.9. The van der Waals surface area contributed by atoms with Crippen LogP contribution in [0, 0.1) is 5.82 Å². The van der Waals surface area contributed by atoms with Gasteiger partial charge in [0.1, 0.15) is 11.4 Å². The summed E-state index contributed by atoms with van der Waals surface area (Å²) in [6.45, 7) is 5.13. The van der Waals surface area contributed by atoms with Crippen LogP contribution >= 0.6 is 0 Å². The van der Waals surface area contributed by atoms with Gasteiger partial charge in [-0.05, 0) is 39.0 Å². The van der Waals surface area contributed by atoms with E-state index in [1.54, 1.807) is 20.8 Å². The lowest BCUT2D eigenvalue weighted by Gasteiger charge is -2.20. The molecule has 7 heteroatoms. The summed E-state index contributed by atoms with van der Waals surface area (Å²) in [5.41, 5.74) is -0.536. The zero-order chi connectivity index (χ0) is 16.9. The Hall–Kier alpha value is -2.15. The SMILES string of the molecule is COC(=O)C[C@H](O)c1cc(NC(=O)OC(C)(C)C)ccc1F. The first-order valence-electron chi connectivity index (χ1n) is 6.66. The minimum Gasteiger partial charge on any atom is -0.469 e. The van der Waals surface area contributed by atoms with Crippen LogP contribution in [0.5, 0.6) is 0 Å². The number of amides is 1. The van der Waals surface area contributed by atoms with Gasteiger partial charge in [-0.3, -0.25) is 10.1 Å². The molecule has 122 valence electrons. The van der Waals surface area contributed by atoms with Gasteiger partial charge in [-0.25, -0.2) is 9.18 Å². The van der Waals surface area contributed by atoms with E-state index in [9.17, 15) is 19.1 Å². The number of rotatable bonds is 4. The molecular formula is C15H20FNO5. The van der Waals surface area contributed by atoms with Gasteiger partial charge in [0.05, 0.1) is 19.6 Å². The predicted molar refractivity (Wildman–Crippen MR) is 77.8 cm³/mol. The fraction of sp³-hybridized carbons (Fsp3) is 0.467. The molecule has 6 nitrogen and oxygen atoms in total. The first-order chi connectivity index (χ1) is 10.1. The molecule has 0 aromatic heterocycles. The normalized spacial score (nSPS) is 12.5. The number of aliphatic hydroxyl groups is 1. The van der Waals surface area contributed by atoms with E-state index in [4.69, 9.17) is 4.74 Å². The summed E-state index contributed by atoms with van der Waals surface area (Å²) >= 11 is 0. The molecule has 0 spiro atoms. The topological polar surface area (TPSA) is 84.9 Å². The number of esters is 1.